The molecule has 0 bridgehead atoms. The molecule has 0 saturated carbocycles. The summed E-state index contributed by atoms with van der Waals surface area (Å²) >= 11 is 3.35. The van der Waals surface area contributed by atoms with Gasteiger partial charge in [-0.25, -0.2) is 10.2 Å². The number of halogens is 1. The van der Waals surface area contributed by atoms with Crippen LogP contribution in [0.15, 0.2) is 76.3 Å². The molecule has 0 aliphatic carbocycles. The summed E-state index contributed by atoms with van der Waals surface area (Å²) in [7, 11) is 0. The highest BCUT2D eigenvalue weighted by Gasteiger charge is 2.15. The Morgan fingerprint density at radius 2 is 1.61 bits per heavy atom. The van der Waals surface area contributed by atoms with E-state index in [9.17, 15) is 14.4 Å². The molecule has 2 N–H and O–H groups in total. The molecule has 0 heterocycles. The number of aryl methyl sites for hydroxylation is 2. The Hall–Kier alpha value is -3.78. The van der Waals surface area contributed by atoms with Gasteiger partial charge in [0.1, 0.15) is 5.75 Å². The van der Waals surface area contributed by atoms with E-state index in [2.05, 4.69) is 31.8 Å². The fourth-order valence-corrected chi connectivity index (χ4v) is 3.37. The molecule has 3 aromatic carbocycles. The fourth-order valence-electron chi connectivity index (χ4n) is 2.90. The molecule has 7 nitrogen and oxygen atoms in total. The van der Waals surface area contributed by atoms with Crippen LogP contribution >= 0.6 is 15.9 Å². The van der Waals surface area contributed by atoms with E-state index in [1.807, 2.05) is 26.0 Å². The number of anilines is 1. The van der Waals surface area contributed by atoms with Crippen LogP contribution in [0, 0.1) is 13.8 Å². The molecule has 0 spiro atoms. The van der Waals surface area contributed by atoms with Gasteiger partial charge in [-0.1, -0.05) is 33.6 Å². The van der Waals surface area contributed by atoms with Crippen LogP contribution < -0.4 is 15.5 Å². The van der Waals surface area contributed by atoms with Crippen molar-refractivity contribution in [3.05, 3.63) is 93.5 Å². The first-order valence-electron chi connectivity index (χ1n) is 10.0. The largest absolute Gasteiger partial charge is 0.423 e. The number of amides is 2. The standard InChI is InChI=1S/C25H22BrN3O4/c1-15-5-4-6-19(13-15)25(32)33-21-10-7-18(8-11-21)17(3)28-29-24(31)23(30)27-22-12-9-20(26)14-16(22)2/h4-14H,1-3H3,(H,27,30)(H,29,31). The summed E-state index contributed by atoms with van der Waals surface area (Å²) in [5, 5.41) is 6.54. The van der Waals surface area contributed by atoms with Crippen molar-refractivity contribution in [1.82, 2.24) is 5.43 Å². The van der Waals surface area contributed by atoms with Crippen LogP contribution in [0.25, 0.3) is 0 Å². The molecule has 3 aromatic rings. The molecule has 0 unspecified atom stereocenters. The minimum atomic E-state index is -0.889. The van der Waals surface area contributed by atoms with E-state index in [1.54, 1.807) is 61.5 Å². The van der Waals surface area contributed by atoms with Gasteiger partial charge in [0.05, 0.1) is 11.3 Å². The molecule has 3 rings (SSSR count). The molecule has 8 heteroatoms. The van der Waals surface area contributed by atoms with E-state index in [4.69, 9.17) is 4.74 Å². The van der Waals surface area contributed by atoms with Crippen molar-refractivity contribution in [3.63, 3.8) is 0 Å². The van der Waals surface area contributed by atoms with Crippen molar-refractivity contribution < 1.29 is 19.1 Å². The molecular formula is C25H22BrN3O4. The average molecular weight is 508 g/mol. The number of benzene rings is 3. The smallest absolute Gasteiger partial charge is 0.343 e. The van der Waals surface area contributed by atoms with Gasteiger partial charge in [0, 0.05) is 10.2 Å². The second kappa shape index (κ2) is 10.7. The van der Waals surface area contributed by atoms with Crippen molar-refractivity contribution in [2.45, 2.75) is 20.8 Å². The van der Waals surface area contributed by atoms with Crippen molar-refractivity contribution in [2.24, 2.45) is 5.10 Å². The minimum absolute atomic E-state index is 0.381. The number of ether oxygens (including phenoxy) is 1. The van der Waals surface area contributed by atoms with Gasteiger partial charge in [-0.2, -0.15) is 5.10 Å². The van der Waals surface area contributed by atoms with E-state index in [-0.39, 0.29) is 0 Å². The van der Waals surface area contributed by atoms with Crippen LogP contribution in [0.5, 0.6) is 5.75 Å². The predicted molar refractivity (Wildman–Crippen MR) is 130 cm³/mol. The van der Waals surface area contributed by atoms with Crippen LogP contribution in [-0.2, 0) is 9.59 Å². The number of rotatable bonds is 5. The fraction of sp³-hybridized carbons (Fsp3) is 0.120. The summed E-state index contributed by atoms with van der Waals surface area (Å²) in [4.78, 5) is 36.5. The second-order valence-electron chi connectivity index (χ2n) is 7.33. The number of hydrogen-bond acceptors (Lipinski definition) is 5. The van der Waals surface area contributed by atoms with Crippen LogP contribution in [0.3, 0.4) is 0 Å². The van der Waals surface area contributed by atoms with Gasteiger partial charge in [0.15, 0.2) is 0 Å². The molecule has 0 fully saturated rings. The molecule has 0 aliphatic heterocycles. The van der Waals surface area contributed by atoms with E-state index in [0.29, 0.717) is 28.3 Å². The Bertz CT molecular complexity index is 1240. The molecule has 0 radical (unpaired) electrons. The summed E-state index contributed by atoms with van der Waals surface area (Å²) in [6.45, 7) is 5.41. The normalized spacial score (nSPS) is 11.0. The van der Waals surface area contributed by atoms with E-state index in [0.717, 1.165) is 15.6 Å². The second-order valence-corrected chi connectivity index (χ2v) is 8.25. The first-order valence-corrected chi connectivity index (χ1v) is 10.8. The molecule has 2 amide bonds. The highest BCUT2D eigenvalue weighted by atomic mass is 79.9. The third-order valence-electron chi connectivity index (χ3n) is 4.70. The Morgan fingerprint density at radius 1 is 0.879 bits per heavy atom. The minimum Gasteiger partial charge on any atom is -0.423 e. The van der Waals surface area contributed by atoms with Gasteiger partial charge in [-0.05, 0) is 86.5 Å². The van der Waals surface area contributed by atoms with Gasteiger partial charge >= 0.3 is 17.8 Å². The summed E-state index contributed by atoms with van der Waals surface area (Å²) in [5.41, 5.74) is 6.20. The Balaban J connectivity index is 1.58. The monoisotopic (exact) mass is 507 g/mol. The highest BCUT2D eigenvalue weighted by molar-refractivity contribution is 9.10. The zero-order chi connectivity index (χ0) is 24.0. The molecule has 0 aromatic heterocycles. The van der Waals surface area contributed by atoms with Gasteiger partial charge in [-0.15, -0.1) is 0 Å². The van der Waals surface area contributed by atoms with Crippen LogP contribution in [0.1, 0.15) is 34.0 Å². The van der Waals surface area contributed by atoms with Gasteiger partial charge in [0.2, 0.25) is 0 Å². The van der Waals surface area contributed by atoms with Crippen LogP contribution in [0.4, 0.5) is 5.69 Å². The van der Waals surface area contributed by atoms with E-state index >= 15 is 0 Å². The SMILES string of the molecule is CC(=NNC(=O)C(=O)Nc1ccc(Br)cc1C)c1ccc(OC(=O)c2cccc(C)c2)cc1. The number of carbonyl (C=O) groups is 3. The lowest BCUT2D eigenvalue weighted by molar-refractivity contribution is -0.136. The predicted octanol–water partition coefficient (Wildman–Crippen LogP) is 4.76. The zero-order valence-corrected chi connectivity index (χ0v) is 19.9. The third kappa shape index (κ3) is 6.60. The maximum absolute atomic E-state index is 12.3. The van der Waals surface area contributed by atoms with Crippen molar-refractivity contribution in [3.8, 4) is 5.75 Å². The zero-order valence-electron chi connectivity index (χ0n) is 18.3. The summed E-state index contributed by atoms with van der Waals surface area (Å²) < 4.78 is 6.26. The lowest BCUT2D eigenvalue weighted by Crippen LogP contribution is -2.33. The maximum atomic E-state index is 12.3. The lowest BCUT2D eigenvalue weighted by Gasteiger charge is -2.08. The maximum Gasteiger partial charge on any atom is 0.343 e. The quantitative estimate of drug-likeness (QED) is 0.171. The Kier molecular flexibility index (Phi) is 7.74. The number of esters is 1. The number of carbonyl (C=O) groups excluding carboxylic acids is 3. The Morgan fingerprint density at radius 3 is 2.27 bits per heavy atom. The molecule has 0 saturated heterocycles. The molecule has 0 atom stereocenters. The number of nitrogens with zero attached hydrogens (tertiary/aromatic N) is 1. The van der Waals surface area contributed by atoms with Gasteiger partial charge in [0.25, 0.3) is 0 Å². The topological polar surface area (TPSA) is 96.9 Å². The molecule has 0 aliphatic rings. The lowest BCUT2D eigenvalue weighted by atomic mass is 10.1. The van der Waals surface area contributed by atoms with Gasteiger partial charge in [-0.3, -0.25) is 9.59 Å². The van der Waals surface area contributed by atoms with Crippen LogP contribution in [-0.4, -0.2) is 23.5 Å². The third-order valence-corrected chi connectivity index (χ3v) is 5.20. The first-order chi connectivity index (χ1) is 15.7. The molecule has 168 valence electrons. The number of nitrogens with one attached hydrogen (secondary N) is 2. The molecular weight excluding hydrogens is 486 g/mol. The Labute approximate surface area is 200 Å². The van der Waals surface area contributed by atoms with E-state index < -0.39 is 17.8 Å². The van der Waals surface area contributed by atoms with Crippen molar-refractivity contribution >= 4 is 45.1 Å². The van der Waals surface area contributed by atoms with Crippen molar-refractivity contribution in [1.29, 1.82) is 0 Å². The van der Waals surface area contributed by atoms with Crippen molar-refractivity contribution in [2.75, 3.05) is 5.32 Å². The van der Waals surface area contributed by atoms with Gasteiger partial charge < -0.3 is 10.1 Å². The summed E-state index contributed by atoms with van der Waals surface area (Å²) in [5.74, 6) is -1.78. The number of hydrogen-bond donors (Lipinski definition) is 2. The summed E-state index contributed by atoms with van der Waals surface area (Å²) in [6.07, 6.45) is 0. The molecule has 33 heavy (non-hydrogen) atoms. The highest BCUT2D eigenvalue weighted by Crippen LogP contribution is 2.20. The first kappa shape index (κ1) is 23.9. The summed E-state index contributed by atoms with van der Waals surface area (Å²) in [6, 6.07) is 19.1. The van der Waals surface area contributed by atoms with Crippen LogP contribution in [0.2, 0.25) is 0 Å². The number of hydrazone groups is 1. The average Bonchev–Trinajstić information content (AvgIpc) is 2.79. The van der Waals surface area contributed by atoms with E-state index in [1.165, 1.54) is 0 Å².